The van der Waals surface area contributed by atoms with E-state index in [0.29, 0.717) is 12.2 Å². The van der Waals surface area contributed by atoms with Gasteiger partial charge in [-0.3, -0.25) is 9.59 Å². The van der Waals surface area contributed by atoms with E-state index in [0.717, 1.165) is 29.4 Å². The monoisotopic (exact) mass is 600 g/mol. The molecule has 2 fully saturated rings. The van der Waals surface area contributed by atoms with E-state index >= 15 is 0 Å². The lowest BCUT2D eigenvalue weighted by molar-refractivity contribution is -0.269. The molecule has 11 heteroatoms. The molecule has 5 atom stereocenters. The summed E-state index contributed by atoms with van der Waals surface area (Å²) < 4.78 is 18.7. The molecule has 2 aliphatic rings. The van der Waals surface area contributed by atoms with E-state index in [1.165, 1.54) is 39.0 Å². The summed E-state index contributed by atoms with van der Waals surface area (Å²) in [7, 11) is 1.52. The first-order valence-corrected chi connectivity index (χ1v) is 15.2. The minimum Gasteiger partial charge on any atom is -0.457 e. The Balaban J connectivity index is 1.18. The number of carbonyl (C=O) groups excluding carboxylic acids is 2. The Morgan fingerprint density at radius 1 is 1.11 bits per heavy atom. The largest absolute Gasteiger partial charge is 0.457 e. The maximum absolute atomic E-state index is 12.9. The first-order chi connectivity index (χ1) is 21.2. The number of anilines is 1. The van der Waals surface area contributed by atoms with Gasteiger partial charge in [0.15, 0.2) is 12.4 Å². The Morgan fingerprint density at radius 3 is 2.59 bits per heavy atom. The quantitative estimate of drug-likeness (QED) is 0.218. The van der Waals surface area contributed by atoms with Gasteiger partial charge in [0.2, 0.25) is 0 Å². The molecule has 11 nitrogen and oxygen atoms in total. The molecule has 3 heterocycles. The number of rotatable bonds is 9. The van der Waals surface area contributed by atoms with Crippen molar-refractivity contribution in [1.82, 2.24) is 20.3 Å². The van der Waals surface area contributed by atoms with Crippen LogP contribution in [0.3, 0.4) is 0 Å². The van der Waals surface area contributed by atoms with Gasteiger partial charge in [-0.25, -0.2) is 4.68 Å². The Hall–Kier alpha value is -4.27. The molecule has 0 spiro atoms. The molecule has 1 N–H and O–H groups in total. The van der Waals surface area contributed by atoms with Gasteiger partial charge in [0.25, 0.3) is 5.91 Å². The fraction of sp³-hybridized carbons (Fsp3) is 0.485. The summed E-state index contributed by atoms with van der Waals surface area (Å²) >= 11 is 0. The second-order valence-electron chi connectivity index (χ2n) is 11.7. The minimum absolute atomic E-state index is 0.000650. The SMILES string of the molecule is COC1OC(Cn2cc(CNC(=O)/C(C#N)=C/c3ccc4cc(N5CCCCC5)ccc4c3)nn2)C(C)C(C)C1OC(C)=O. The topological polar surface area (TPSA) is 132 Å². The zero-order chi connectivity index (χ0) is 31.2. The molecule has 0 bridgehead atoms. The number of ether oxygens (including phenoxy) is 3. The molecule has 2 aliphatic heterocycles. The molecule has 2 aromatic carbocycles. The molecular weight excluding hydrogens is 560 g/mol. The summed E-state index contributed by atoms with van der Waals surface area (Å²) in [4.78, 5) is 26.9. The van der Waals surface area contributed by atoms with Gasteiger partial charge in [0, 0.05) is 38.7 Å². The lowest BCUT2D eigenvalue weighted by Gasteiger charge is -2.43. The molecule has 3 aromatic rings. The van der Waals surface area contributed by atoms with Crippen molar-refractivity contribution < 1.29 is 23.8 Å². The van der Waals surface area contributed by atoms with Crippen molar-refractivity contribution in [3.05, 3.63) is 59.4 Å². The Kier molecular flexibility index (Phi) is 9.92. The molecule has 0 radical (unpaired) electrons. The second-order valence-corrected chi connectivity index (χ2v) is 11.7. The van der Waals surface area contributed by atoms with Crippen LogP contribution in [0.15, 0.2) is 48.2 Å². The number of amides is 1. The number of esters is 1. The molecule has 2 saturated heterocycles. The van der Waals surface area contributed by atoms with Crippen molar-refractivity contribution in [2.45, 2.75) is 71.6 Å². The number of nitrogens with zero attached hydrogens (tertiary/aromatic N) is 5. The van der Waals surface area contributed by atoms with E-state index in [-0.39, 0.29) is 36.0 Å². The Bertz CT molecular complexity index is 1550. The summed E-state index contributed by atoms with van der Waals surface area (Å²) in [6.07, 6.45) is 5.64. The maximum atomic E-state index is 12.9. The highest BCUT2D eigenvalue weighted by atomic mass is 16.7. The number of nitrogens with one attached hydrogen (secondary N) is 1. The molecule has 1 amide bonds. The van der Waals surface area contributed by atoms with Crippen LogP contribution in [0.1, 0.15) is 51.3 Å². The van der Waals surface area contributed by atoms with E-state index in [1.807, 2.05) is 38.1 Å². The zero-order valence-electron chi connectivity index (χ0n) is 25.7. The fourth-order valence-corrected chi connectivity index (χ4v) is 5.98. The smallest absolute Gasteiger partial charge is 0.303 e. The molecule has 0 saturated carbocycles. The third-order valence-electron chi connectivity index (χ3n) is 8.67. The first kappa shape index (κ1) is 31.2. The highest BCUT2D eigenvalue weighted by Gasteiger charge is 2.43. The van der Waals surface area contributed by atoms with Crippen LogP contribution in [-0.4, -0.2) is 65.6 Å². The van der Waals surface area contributed by atoms with Gasteiger partial charge >= 0.3 is 5.97 Å². The van der Waals surface area contributed by atoms with Gasteiger partial charge in [-0.2, -0.15) is 5.26 Å². The number of piperidine rings is 1. The number of nitriles is 1. The first-order valence-electron chi connectivity index (χ1n) is 15.2. The van der Waals surface area contributed by atoms with E-state index < -0.39 is 18.3 Å². The van der Waals surface area contributed by atoms with Crippen molar-refractivity contribution in [3.8, 4) is 6.07 Å². The average molecular weight is 601 g/mol. The van der Waals surface area contributed by atoms with Gasteiger partial charge in [-0.15, -0.1) is 5.10 Å². The third kappa shape index (κ3) is 7.26. The van der Waals surface area contributed by atoms with Crippen LogP contribution in [0.4, 0.5) is 5.69 Å². The molecule has 5 rings (SSSR count). The predicted molar refractivity (Wildman–Crippen MR) is 165 cm³/mol. The van der Waals surface area contributed by atoms with Crippen molar-refractivity contribution in [1.29, 1.82) is 5.26 Å². The molecule has 232 valence electrons. The Morgan fingerprint density at radius 2 is 1.86 bits per heavy atom. The standard InChI is InChI=1S/C33H40N6O5/c1-21-22(2)31(43-23(3)40)33(42-4)44-30(21)20-39-19-28(36-37-39)18-35-32(41)27(17-34)15-24-8-9-26-16-29(11-10-25(26)14-24)38-12-6-5-7-13-38/h8-11,14-16,19,21-22,30-31,33H,5-7,12-13,18,20H2,1-4H3,(H,35,41)/b27-15+. The highest BCUT2D eigenvalue weighted by molar-refractivity contribution is 6.02. The van der Waals surface area contributed by atoms with Gasteiger partial charge in [-0.1, -0.05) is 37.3 Å². The lowest BCUT2D eigenvalue weighted by Crippen LogP contribution is -2.52. The summed E-state index contributed by atoms with van der Waals surface area (Å²) in [6.45, 7) is 8.11. The number of hydrogen-bond acceptors (Lipinski definition) is 9. The zero-order valence-corrected chi connectivity index (χ0v) is 25.7. The molecule has 5 unspecified atom stereocenters. The van der Waals surface area contributed by atoms with E-state index in [9.17, 15) is 14.9 Å². The summed E-state index contributed by atoms with van der Waals surface area (Å²) in [5.74, 6) is -0.816. The molecule has 0 aliphatic carbocycles. The van der Waals surface area contributed by atoms with E-state index in [4.69, 9.17) is 14.2 Å². The van der Waals surface area contributed by atoms with Crippen LogP contribution in [0.2, 0.25) is 0 Å². The summed E-state index contributed by atoms with van der Waals surface area (Å²) in [5.41, 5.74) is 2.57. The van der Waals surface area contributed by atoms with Crippen molar-refractivity contribution >= 4 is 34.4 Å². The van der Waals surface area contributed by atoms with Crippen LogP contribution >= 0.6 is 0 Å². The number of hydrogen-bond donors (Lipinski definition) is 1. The highest BCUT2D eigenvalue weighted by Crippen LogP contribution is 2.34. The number of methoxy groups -OCH3 is 1. The number of benzene rings is 2. The van der Waals surface area contributed by atoms with Crippen LogP contribution in [0, 0.1) is 23.2 Å². The molecule has 44 heavy (non-hydrogen) atoms. The fourth-order valence-electron chi connectivity index (χ4n) is 5.98. The van der Waals surface area contributed by atoms with E-state index in [1.54, 1.807) is 17.0 Å². The van der Waals surface area contributed by atoms with Crippen molar-refractivity contribution in [2.75, 3.05) is 25.1 Å². The summed E-state index contributed by atoms with van der Waals surface area (Å²) in [6, 6.07) is 14.4. The number of aromatic nitrogens is 3. The van der Waals surface area contributed by atoms with Crippen LogP contribution in [0.25, 0.3) is 16.8 Å². The lowest BCUT2D eigenvalue weighted by atomic mass is 9.83. The van der Waals surface area contributed by atoms with Crippen LogP contribution in [-0.2, 0) is 36.9 Å². The van der Waals surface area contributed by atoms with Crippen LogP contribution < -0.4 is 10.2 Å². The molecule has 1 aromatic heterocycles. The normalized spacial score (nSPS) is 24.1. The number of carbonyl (C=O) groups is 2. The van der Waals surface area contributed by atoms with Crippen molar-refractivity contribution in [2.24, 2.45) is 11.8 Å². The minimum atomic E-state index is -0.687. The average Bonchev–Trinajstić information content (AvgIpc) is 3.49. The van der Waals surface area contributed by atoms with Gasteiger partial charge in [0.1, 0.15) is 17.3 Å². The van der Waals surface area contributed by atoms with E-state index in [2.05, 4.69) is 38.7 Å². The van der Waals surface area contributed by atoms with Gasteiger partial charge in [0.05, 0.1) is 25.4 Å². The summed E-state index contributed by atoms with van der Waals surface area (Å²) in [5, 5.41) is 23.0. The van der Waals surface area contributed by atoms with Gasteiger partial charge < -0.3 is 24.4 Å². The Labute approximate surface area is 257 Å². The number of fused-ring (bicyclic) bond motifs is 1. The molecular formula is C33H40N6O5. The maximum Gasteiger partial charge on any atom is 0.303 e. The van der Waals surface area contributed by atoms with Gasteiger partial charge in [-0.05, 0) is 65.8 Å². The van der Waals surface area contributed by atoms with Crippen LogP contribution in [0.5, 0.6) is 0 Å². The predicted octanol–water partition coefficient (Wildman–Crippen LogP) is 4.22. The second kappa shape index (κ2) is 14.0. The van der Waals surface area contributed by atoms with Crippen molar-refractivity contribution in [3.63, 3.8) is 0 Å². The third-order valence-corrected chi connectivity index (χ3v) is 8.67.